The number of hydrogen-bond acceptors (Lipinski definition) is 19. The highest BCUT2D eigenvalue weighted by Crippen LogP contribution is 2.29. The largest absolute Gasteiger partial charge is 0.460 e. The molecule has 24 nitrogen and oxygen atoms in total. The van der Waals surface area contributed by atoms with Gasteiger partial charge in [-0.25, -0.2) is 0 Å². The molecule has 0 atom stereocenters. The van der Waals surface area contributed by atoms with Gasteiger partial charge in [0.15, 0.2) is 17.6 Å². The molecule has 7 N–H and O–H groups in total. The maximum atomic E-state index is 13.0. The van der Waals surface area contributed by atoms with E-state index >= 15 is 0 Å². The van der Waals surface area contributed by atoms with Crippen molar-refractivity contribution in [3.63, 3.8) is 0 Å². The van der Waals surface area contributed by atoms with E-state index in [1.165, 1.54) is 18.6 Å². The lowest BCUT2D eigenvalue weighted by Crippen LogP contribution is -2.36. The summed E-state index contributed by atoms with van der Waals surface area (Å²) in [6, 6.07) is 25.5. The lowest BCUT2D eigenvalue weighted by molar-refractivity contribution is -0.111. The van der Waals surface area contributed by atoms with Gasteiger partial charge in [0.1, 0.15) is 12.2 Å². The molecule has 0 aliphatic carbocycles. The van der Waals surface area contributed by atoms with Crippen LogP contribution in [0.3, 0.4) is 0 Å². The standard InChI is InChI=1S/C33H41N9O3.C26H30N8O2.C4H7BrO2.C3H8/c1-22(2)28-21-34-42-30(28)38-33(45-27-15-18-41(5)19-16-27)39-32(42)37-26-9-6-8-25(20-26)36-31(44)23-11-13-24(14-12-23)35-29(43)10-7-17-40(3)4;1-17(2)22-16-28-34-23(22)31-26(36-21-9-13-33(3)14-10-21)32-25(34)30-20-6-4-5-19(15-20)29-24(35)18-7-11-27-12-8-18;5-3-1-2-4(6)7;1-3-2/h6-14,20-22,27H,15-19H2,1-5H3,(H,35,43)(H,36,44)(H,37,38,39);4-8,11-12,15-17,21H,9-10,13-14H2,1-3H3,(H,29,35)(H,30,31,32);1-2,4,6-7H,3H2;3H2,1-2H3/b10-7+;;2-1+;. The quantitative estimate of drug-likeness (QED) is 0.0162. The first-order valence-electron chi connectivity index (χ1n) is 30.6. The van der Waals surface area contributed by atoms with E-state index in [-0.39, 0.29) is 41.8 Å². The number of carbonyl (C=O) groups excluding carboxylic acids is 3. The molecule has 0 saturated carbocycles. The van der Waals surface area contributed by atoms with Crippen LogP contribution in [0.15, 0.2) is 134 Å². The first-order valence-corrected chi connectivity index (χ1v) is 31.7. The maximum Gasteiger partial charge on any atom is 0.322 e. The van der Waals surface area contributed by atoms with Crippen molar-refractivity contribution < 1.29 is 34.1 Å². The van der Waals surface area contributed by atoms with Crippen molar-refractivity contribution in [1.82, 2.24) is 58.8 Å². The number of amides is 3. The summed E-state index contributed by atoms with van der Waals surface area (Å²) in [5.74, 6) is 0.711. The number of nitrogens with zero attached hydrogens (tertiary/aromatic N) is 12. The molecule has 3 aromatic carbocycles. The van der Waals surface area contributed by atoms with Gasteiger partial charge in [0.05, 0.1) is 12.4 Å². The van der Waals surface area contributed by atoms with Crippen LogP contribution >= 0.6 is 15.9 Å². The van der Waals surface area contributed by atoms with Gasteiger partial charge in [0.2, 0.25) is 17.8 Å². The van der Waals surface area contributed by atoms with Crippen molar-refractivity contribution in [2.24, 2.45) is 0 Å². The number of carbonyl (C=O) groups is 3. The molecule has 7 heterocycles. The van der Waals surface area contributed by atoms with E-state index in [2.05, 4.69) is 128 Å². The zero-order chi connectivity index (χ0) is 65.4. The van der Waals surface area contributed by atoms with Gasteiger partial charge in [-0.05, 0) is 145 Å². The monoisotopic (exact) mass is 1310 g/mol. The Morgan fingerprint density at radius 1 is 0.626 bits per heavy atom. The zero-order valence-electron chi connectivity index (χ0n) is 53.5. The van der Waals surface area contributed by atoms with Crippen LogP contribution in [0.25, 0.3) is 11.3 Å². The molecule has 8 aromatic rings. The molecule has 5 aromatic heterocycles. The number of piperidine rings is 2. The summed E-state index contributed by atoms with van der Waals surface area (Å²) >= 11 is 3.07. The second-order valence-electron chi connectivity index (χ2n) is 22.9. The SMILES string of the molecule is CC(C)c1cnn2c(Nc3cccc(NC(=O)c4ccc(NC(=O)/C=C/CN(C)C)cc4)c3)nc(OC3CCN(C)CC3)nc12.CC(C)c1cnn2c(Nc3cccc(NC(=O)c4ccncc4)c3)nc(OC3CCN(C)CC3)nc12.CCC.OC(O)/C=C/CBr. The molecule has 2 saturated heterocycles. The van der Waals surface area contributed by atoms with Gasteiger partial charge >= 0.3 is 12.0 Å². The average Bonchev–Trinajstić information content (AvgIpc) is 1.71. The van der Waals surface area contributed by atoms with Crippen molar-refractivity contribution in [3.05, 3.63) is 156 Å². The summed E-state index contributed by atoms with van der Waals surface area (Å²) in [4.78, 5) is 67.0. The number of nitrogens with one attached hydrogen (secondary N) is 5. The van der Waals surface area contributed by atoms with Crippen LogP contribution in [0.5, 0.6) is 12.0 Å². The number of allylic oxidation sites excluding steroid dienone is 1. The fourth-order valence-electron chi connectivity index (χ4n) is 9.29. The van der Waals surface area contributed by atoms with E-state index in [4.69, 9.17) is 34.6 Å². The highest BCUT2D eigenvalue weighted by atomic mass is 79.9. The van der Waals surface area contributed by atoms with Crippen LogP contribution < -0.4 is 36.1 Å². The number of rotatable bonds is 20. The van der Waals surface area contributed by atoms with Crippen LogP contribution in [-0.4, -0.2) is 172 Å². The topological polar surface area (TPSA) is 279 Å². The number of aromatic nitrogens is 9. The molecular weight excluding hydrogens is 1220 g/mol. The molecule has 0 radical (unpaired) electrons. The van der Waals surface area contributed by atoms with E-state index < -0.39 is 6.29 Å². The number of hydrogen-bond donors (Lipinski definition) is 7. The van der Waals surface area contributed by atoms with Gasteiger partial charge in [-0.1, -0.05) is 88.2 Å². The Kier molecular flexibility index (Phi) is 26.9. The van der Waals surface area contributed by atoms with Crippen LogP contribution in [0, 0.1) is 0 Å². The third-order valence-corrected chi connectivity index (χ3v) is 14.5. The Balaban J connectivity index is 0.000000229. The molecule has 2 aliphatic heterocycles. The van der Waals surface area contributed by atoms with Gasteiger partial charge in [0, 0.05) is 107 Å². The molecule has 25 heteroatoms. The minimum absolute atomic E-state index is 0.0516. The third-order valence-electron chi connectivity index (χ3n) is 14.1. The maximum absolute atomic E-state index is 13.0. The van der Waals surface area contributed by atoms with E-state index in [1.807, 2.05) is 79.9 Å². The van der Waals surface area contributed by atoms with Gasteiger partial charge in [-0.3, -0.25) is 19.4 Å². The number of ether oxygens (including phenoxy) is 2. The molecule has 484 valence electrons. The van der Waals surface area contributed by atoms with Crippen LogP contribution in [0.1, 0.15) is 117 Å². The lowest BCUT2D eigenvalue weighted by atomic mass is 10.1. The predicted octanol–water partition coefficient (Wildman–Crippen LogP) is 10.5. The smallest absolute Gasteiger partial charge is 0.322 e. The highest BCUT2D eigenvalue weighted by Gasteiger charge is 2.24. The molecule has 10 rings (SSSR count). The van der Waals surface area contributed by atoms with E-state index in [9.17, 15) is 14.4 Å². The average molecular weight is 1310 g/mol. The number of pyridine rings is 1. The fourth-order valence-corrected chi connectivity index (χ4v) is 9.50. The molecule has 3 amide bonds. The number of benzene rings is 3. The number of alkyl halides is 1. The fraction of sp³-hybridized carbons (Fsp3) is 0.394. The van der Waals surface area contributed by atoms with Crippen LogP contribution in [0.2, 0.25) is 0 Å². The number of likely N-dealkylation sites (tertiary alicyclic amines) is 2. The van der Waals surface area contributed by atoms with E-state index in [1.54, 1.807) is 70.0 Å². The minimum Gasteiger partial charge on any atom is -0.460 e. The second-order valence-corrected chi connectivity index (χ2v) is 23.5. The number of aliphatic hydroxyl groups is 2. The normalized spacial score (nSPS) is 14.0. The summed E-state index contributed by atoms with van der Waals surface area (Å²) in [6.45, 7) is 17.3. The first-order chi connectivity index (χ1) is 43.8. The second kappa shape index (κ2) is 35.0. The first kappa shape index (κ1) is 69.7. The van der Waals surface area contributed by atoms with Crippen molar-refractivity contribution in [3.8, 4) is 12.0 Å². The zero-order valence-corrected chi connectivity index (χ0v) is 55.1. The molecule has 2 aliphatic rings. The van der Waals surface area contributed by atoms with Crippen molar-refractivity contribution in [2.75, 3.05) is 92.8 Å². The van der Waals surface area contributed by atoms with E-state index in [0.717, 1.165) is 68.7 Å². The summed E-state index contributed by atoms with van der Waals surface area (Å²) in [7, 11) is 8.10. The number of anilines is 7. The number of likely N-dealkylation sites (N-methyl/N-ethyl adjacent to an activating group) is 1. The molecule has 0 unspecified atom stereocenters. The lowest BCUT2D eigenvalue weighted by Gasteiger charge is -2.28. The third kappa shape index (κ3) is 21.7. The Hall–Kier alpha value is -8.72. The Labute approximate surface area is 540 Å². The molecular formula is C66H86BrN17O7. The predicted molar refractivity (Wildman–Crippen MR) is 362 cm³/mol. The molecule has 0 spiro atoms. The Bertz CT molecular complexity index is 3660. The summed E-state index contributed by atoms with van der Waals surface area (Å²) in [6.07, 6.45) is 16.8. The minimum atomic E-state index is -1.31. The molecule has 0 bridgehead atoms. The molecule has 2 fully saturated rings. The van der Waals surface area contributed by atoms with Crippen molar-refractivity contribution >= 4 is 85.3 Å². The molecule has 91 heavy (non-hydrogen) atoms. The van der Waals surface area contributed by atoms with Gasteiger partial charge in [-0.15, -0.1) is 0 Å². The Morgan fingerprint density at radius 3 is 1.47 bits per heavy atom. The van der Waals surface area contributed by atoms with Crippen LogP contribution in [-0.2, 0) is 4.79 Å². The number of fused-ring (bicyclic) bond motifs is 2. The van der Waals surface area contributed by atoms with Crippen LogP contribution in [0.4, 0.5) is 40.3 Å². The number of aliphatic hydroxyl groups excluding tert-OH is 1. The van der Waals surface area contributed by atoms with Crippen molar-refractivity contribution in [1.29, 1.82) is 0 Å². The summed E-state index contributed by atoms with van der Waals surface area (Å²) in [5, 5.41) is 41.4. The summed E-state index contributed by atoms with van der Waals surface area (Å²) < 4.78 is 15.9. The van der Waals surface area contributed by atoms with Gasteiger partial charge < -0.3 is 61.0 Å². The van der Waals surface area contributed by atoms with E-state index in [0.29, 0.717) is 81.0 Å². The highest BCUT2D eigenvalue weighted by molar-refractivity contribution is 9.09. The summed E-state index contributed by atoms with van der Waals surface area (Å²) in [5.41, 5.74) is 7.74. The van der Waals surface area contributed by atoms with Crippen molar-refractivity contribution in [2.45, 2.75) is 104 Å². The van der Waals surface area contributed by atoms with Gasteiger partial charge in [-0.2, -0.15) is 39.2 Å². The Morgan fingerprint density at radius 2 is 1.07 bits per heavy atom. The number of halogens is 1. The van der Waals surface area contributed by atoms with Gasteiger partial charge in [0.25, 0.3) is 11.8 Å².